The molecule has 2 N–H and O–H groups in total. The fourth-order valence-electron chi connectivity index (χ4n) is 6.19. The van der Waals surface area contributed by atoms with E-state index in [0.29, 0.717) is 31.3 Å². The summed E-state index contributed by atoms with van der Waals surface area (Å²) in [7, 11) is 0. The highest BCUT2D eigenvalue weighted by atomic mass is 19.4. The lowest BCUT2D eigenvalue weighted by atomic mass is 9.65. The molecule has 3 aliphatic heterocycles. The molecule has 2 aromatic heterocycles. The van der Waals surface area contributed by atoms with Gasteiger partial charge in [-0.05, 0) is 38.0 Å². The monoisotopic (exact) mass is 507 g/mol. The van der Waals surface area contributed by atoms with Gasteiger partial charge in [0.15, 0.2) is 11.3 Å². The number of ether oxygens (including phenoxy) is 1. The summed E-state index contributed by atoms with van der Waals surface area (Å²) >= 11 is 0. The second kappa shape index (κ2) is 8.56. The van der Waals surface area contributed by atoms with E-state index in [1.165, 1.54) is 6.20 Å². The lowest BCUT2D eigenvalue weighted by Crippen LogP contribution is -2.66. The van der Waals surface area contributed by atoms with Crippen molar-refractivity contribution in [3.8, 4) is 0 Å². The number of alkyl halides is 3. The topological polar surface area (TPSA) is 116 Å². The minimum Gasteiger partial charge on any atom is -0.366 e. The minimum atomic E-state index is -4.52. The summed E-state index contributed by atoms with van der Waals surface area (Å²) in [6.07, 6.45) is 1.92. The number of carbonyl (C=O) groups excluding carboxylic acids is 2. The Bertz CT molecular complexity index is 1170. The number of nitrogens with one attached hydrogen (secondary N) is 2. The summed E-state index contributed by atoms with van der Waals surface area (Å²) in [6, 6.07) is -0.113. The fourth-order valence-corrected chi connectivity index (χ4v) is 6.19. The molecule has 194 valence electrons. The van der Waals surface area contributed by atoms with Crippen LogP contribution < -0.4 is 5.32 Å². The van der Waals surface area contributed by atoms with E-state index >= 15 is 0 Å². The highest BCUT2D eigenvalue weighted by Crippen LogP contribution is 2.46. The van der Waals surface area contributed by atoms with E-state index in [2.05, 4.69) is 20.4 Å². The summed E-state index contributed by atoms with van der Waals surface area (Å²) in [5.74, 6) is 0.732. The van der Waals surface area contributed by atoms with Crippen LogP contribution in [-0.2, 0) is 22.1 Å². The summed E-state index contributed by atoms with van der Waals surface area (Å²) in [6.45, 7) is 2.68. The second-order valence-electron chi connectivity index (χ2n) is 10.7. The number of piperidine rings is 1. The highest BCUT2D eigenvalue weighted by molar-refractivity contribution is 5.79. The number of rotatable bonds is 2. The average Bonchev–Trinajstić information content (AvgIpc) is 3.26. The lowest BCUT2D eigenvalue weighted by molar-refractivity contribution is -0.140. The maximum Gasteiger partial charge on any atom is 0.433 e. The predicted molar refractivity (Wildman–Crippen MR) is 120 cm³/mol. The van der Waals surface area contributed by atoms with Crippen molar-refractivity contribution >= 4 is 23.0 Å². The van der Waals surface area contributed by atoms with E-state index in [9.17, 15) is 22.8 Å². The van der Waals surface area contributed by atoms with Crippen molar-refractivity contribution in [2.45, 2.75) is 56.8 Å². The Kier molecular flexibility index (Phi) is 5.58. The Morgan fingerprint density at radius 2 is 1.97 bits per heavy atom. The molecule has 3 amide bonds. The highest BCUT2D eigenvalue weighted by Gasteiger charge is 2.49. The minimum absolute atomic E-state index is 0.0193. The first-order valence-electron chi connectivity index (χ1n) is 12.4. The van der Waals surface area contributed by atoms with Crippen LogP contribution in [0.1, 0.15) is 43.6 Å². The summed E-state index contributed by atoms with van der Waals surface area (Å²) < 4.78 is 44.7. The van der Waals surface area contributed by atoms with Crippen LogP contribution in [-0.4, -0.2) is 86.8 Å². The van der Waals surface area contributed by atoms with E-state index in [4.69, 9.17) is 4.74 Å². The zero-order valence-corrected chi connectivity index (χ0v) is 19.7. The standard InChI is InChI=1S/C23H28F3N7O3/c24-23(25,26)19-14-8-27-17(29-20(14)31-30-19)7-13-1-4-22(5-2-13)11-33(12-22)21(35)32-6-3-16-15(9-32)28-18(34)10-36-16/h8,13,15-16H,1-7,9-12H2,(H,28,34)(H,27,29,30,31)/t15-,16+/m1/s1. The number of halogens is 3. The second-order valence-corrected chi connectivity index (χ2v) is 10.7. The first-order valence-corrected chi connectivity index (χ1v) is 12.4. The number of nitrogens with zero attached hydrogens (tertiary/aromatic N) is 5. The molecule has 0 bridgehead atoms. The molecule has 36 heavy (non-hydrogen) atoms. The van der Waals surface area contributed by atoms with Crippen molar-refractivity contribution in [1.29, 1.82) is 0 Å². The number of aromatic nitrogens is 4. The Morgan fingerprint density at radius 3 is 2.72 bits per heavy atom. The van der Waals surface area contributed by atoms with E-state index < -0.39 is 11.9 Å². The molecule has 0 radical (unpaired) electrons. The van der Waals surface area contributed by atoms with E-state index in [1.54, 1.807) is 0 Å². The number of morpholine rings is 1. The van der Waals surface area contributed by atoms with Gasteiger partial charge in [0, 0.05) is 44.2 Å². The van der Waals surface area contributed by atoms with Gasteiger partial charge in [-0.15, -0.1) is 0 Å². The van der Waals surface area contributed by atoms with Crippen molar-refractivity contribution in [3.05, 3.63) is 17.7 Å². The Labute approximate surface area is 204 Å². The van der Waals surface area contributed by atoms with E-state index in [0.717, 1.165) is 45.2 Å². The number of carbonyl (C=O) groups is 2. The molecule has 6 rings (SSSR count). The van der Waals surface area contributed by atoms with Gasteiger partial charge < -0.3 is 19.9 Å². The van der Waals surface area contributed by atoms with Crippen LogP contribution in [0, 0.1) is 11.3 Å². The third kappa shape index (κ3) is 4.27. The summed E-state index contributed by atoms with van der Waals surface area (Å²) in [5, 5.41) is 8.55. The molecule has 1 spiro atoms. The van der Waals surface area contributed by atoms with Crippen molar-refractivity contribution in [1.82, 2.24) is 35.3 Å². The number of amides is 3. The molecule has 5 heterocycles. The smallest absolute Gasteiger partial charge is 0.366 e. The first-order chi connectivity index (χ1) is 17.2. The molecular formula is C23H28F3N7O3. The van der Waals surface area contributed by atoms with Gasteiger partial charge in [0.1, 0.15) is 12.4 Å². The Balaban J connectivity index is 0.998. The van der Waals surface area contributed by atoms with E-state index in [-0.39, 0.29) is 47.1 Å². The van der Waals surface area contributed by atoms with Crippen LogP contribution in [0.4, 0.5) is 18.0 Å². The van der Waals surface area contributed by atoms with Gasteiger partial charge in [0.05, 0.1) is 17.5 Å². The van der Waals surface area contributed by atoms with Crippen LogP contribution in [0.25, 0.3) is 11.0 Å². The van der Waals surface area contributed by atoms with Crippen LogP contribution in [0.2, 0.25) is 0 Å². The van der Waals surface area contributed by atoms with Crippen LogP contribution in [0.15, 0.2) is 6.20 Å². The molecule has 0 unspecified atom stereocenters. The zero-order valence-electron chi connectivity index (χ0n) is 19.7. The maximum atomic E-state index is 13.0. The van der Waals surface area contributed by atoms with Crippen molar-refractivity contribution in [3.63, 3.8) is 0 Å². The molecule has 0 aromatic carbocycles. The predicted octanol–water partition coefficient (Wildman–Crippen LogP) is 2.12. The van der Waals surface area contributed by atoms with Gasteiger partial charge in [0.25, 0.3) is 0 Å². The first kappa shape index (κ1) is 23.4. The van der Waals surface area contributed by atoms with Crippen LogP contribution in [0.5, 0.6) is 0 Å². The number of aromatic amines is 1. The zero-order chi connectivity index (χ0) is 25.1. The Hall–Kier alpha value is -2.96. The SMILES string of the molecule is O=C1CO[C@H]2CCN(C(=O)N3CC4(CCC(Cc5ncc6c(C(F)(F)F)[nH]nc6n5)CC4)C3)C[C@H]2N1. The largest absolute Gasteiger partial charge is 0.433 e. The van der Waals surface area contributed by atoms with Crippen LogP contribution in [0.3, 0.4) is 0 Å². The molecule has 4 aliphatic rings. The molecule has 2 aromatic rings. The fraction of sp³-hybridized carbons (Fsp3) is 0.696. The average molecular weight is 508 g/mol. The Morgan fingerprint density at radius 1 is 1.19 bits per heavy atom. The molecule has 10 nitrogen and oxygen atoms in total. The quantitative estimate of drug-likeness (QED) is 0.643. The molecule has 2 atom stereocenters. The lowest BCUT2D eigenvalue weighted by Gasteiger charge is -2.55. The molecular weight excluding hydrogens is 479 g/mol. The van der Waals surface area contributed by atoms with Gasteiger partial charge >= 0.3 is 12.2 Å². The molecule has 1 aliphatic carbocycles. The van der Waals surface area contributed by atoms with E-state index in [1.807, 2.05) is 14.9 Å². The van der Waals surface area contributed by atoms with Gasteiger partial charge in [-0.25, -0.2) is 14.8 Å². The third-order valence-electron chi connectivity index (χ3n) is 8.20. The molecule has 3 saturated heterocycles. The van der Waals surface area contributed by atoms with Gasteiger partial charge in [0.2, 0.25) is 5.91 Å². The van der Waals surface area contributed by atoms with Crippen LogP contribution >= 0.6 is 0 Å². The molecule has 1 saturated carbocycles. The number of fused-ring (bicyclic) bond motifs is 2. The normalized spacial score (nSPS) is 26.6. The number of hydrogen-bond donors (Lipinski definition) is 2. The number of H-pyrrole nitrogens is 1. The van der Waals surface area contributed by atoms with Crippen molar-refractivity contribution in [2.75, 3.05) is 32.8 Å². The van der Waals surface area contributed by atoms with Crippen molar-refractivity contribution in [2.24, 2.45) is 11.3 Å². The summed E-state index contributed by atoms with van der Waals surface area (Å²) in [5.41, 5.74) is -0.744. The van der Waals surface area contributed by atoms with Gasteiger partial charge in [-0.1, -0.05) is 0 Å². The summed E-state index contributed by atoms with van der Waals surface area (Å²) in [4.78, 5) is 36.8. The maximum absolute atomic E-state index is 13.0. The molecule has 13 heteroatoms. The van der Waals surface area contributed by atoms with Gasteiger partial charge in [-0.2, -0.15) is 18.3 Å². The number of likely N-dealkylation sites (tertiary alicyclic amines) is 2. The third-order valence-corrected chi connectivity index (χ3v) is 8.20. The molecule has 4 fully saturated rings. The van der Waals surface area contributed by atoms with Gasteiger partial charge in [-0.3, -0.25) is 9.89 Å². The number of hydrogen-bond acceptors (Lipinski definition) is 6. The number of urea groups is 1. The van der Waals surface area contributed by atoms with Crippen molar-refractivity contribution < 1.29 is 27.5 Å².